The van der Waals surface area contributed by atoms with Gasteiger partial charge in [0.2, 0.25) is 0 Å². The third kappa shape index (κ3) is 3.21. The summed E-state index contributed by atoms with van der Waals surface area (Å²) in [6, 6.07) is 9.67. The van der Waals surface area contributed by atoms with E-state index in [1.54, 1.807) is 0 Å². The lowest BCUT2D eigenvalue weighted by atomic mass is 10.1. The minimum atomic E-state index is -3.42. The quantitative estimate of drug-likeness (QED) is 0.856. The van der Waals surface area contributed by atoms with Crippen molar-refractivity contribution in [2.24, 2.45) is 0 Å². The molecule has 1 unspecified atom stereocenters. The molecule has 0 N–H and O–H groups in total. The number of carbonyl (C=O) groups excluding carboxylic acids is 1. The molecular formula is C17H13F2NO3S. The van der Waals surface area contributed by atoms with Crippen molar-refractivity contribution in [2.45, 2.75) is 6.04 Å². The molecule has 2 aromatic carbocycles. The minimum absolute atomic E-state index is 0.181. The fraction of sp³-hybridized carbons (Fsp3) is 0.118. The van der Waals surface area contributed by atoms with Crippen LogP contribution in [-0.4, -0.2) is 26.1 Å². The maximum absolute atomic E-state index is 14.0. The molecule has 0 radical (unpaired) electrons. The lowest BCUT2D eigenvalue weighted by molar-refractivity contribution is 0.0979. The van der Waals surface area contributed by atoms with Crippen LogP contribution in [0, 0.1) is 11.6 Å². The number of benzene rings is 2. The standard InChI is InChI=1S/C17H13F2NO3S/c18-12-5-7-13(8-6-12)20(14-9-10-24(22,23)11-14)17(21)15-3-1-2-4-16(15)19/h1-10,14H,11H2. The van der Waals surface area contributed by atoms with Crippen molar-refractivity contribution in [3.63, 3.8) is 0 Å². The molecule has 4 nitrogen and oxygen atoms in total. The molecule has 0 spiro atoms. The molecule has 0 saturated carbocycles. The smallest absolute Gasteiger partial charge is 0.261 e. The van der Waals surface area contributed by atoms with E-state index >= 15 is 0 Å². The van der Waals surface area contributed by atoms with E-state index in [4.69, 9.17) is 0 Å². The molecule has 1 aliphatic heterocycles. The fourth-order valence-electron chi connectivity index (χ4n) is 2.55. The molecule has 24 heavy (non-hydrogen) atoms. The Morgan fingerprint density at radius 3 is 2.29 bits per heavy atom. The zero-order valence-electron chi connectivity index (χ0n) is 12.4. The lowest BCUT2D eigenvalue weighted by Gasteiger charge is -2.28. The lowest BCUT2D eigenvalue weighted by Crippen LogP contribution is -2.41. The number of anilines is 1. The SMILES string of the molecule is O=C(c1ccccc1F)N(c1ccc(F)cc1)C1C=CS(=O)(=O)C1. The molecular weight excluding hydrogens is 336 g/mol. The molecule has 1 aliphatic rings. The van der Waals surface area contributed by atoms with E-state index in [0.717, 1.165) is 23.6 Å². The Bertz CT molecular complexity index is 908. The Labute approximate surface area is 137 Å². The van der Waals surface area contributed by atoms with Gasteiger partial charge in [-0.25, -0.2) is 17.2 Å². The maximum atomic E-state index is 14.0. The summed E-state index contributed by atoms with van der Waals surface area (Å²) in [5, 5.41) is 1.03. The van der Waals surface area contributed by atoms with Crippen molar-refractivity contribution >= 4 is 21.4 Å². The average Bonchev–Trinajstić information content (AvgIpc) is 2.89. The van der Waals surface area contributed by atoms with Gasteiger partial charge in [0.15, 0.2) is 9.84 Å². The van der Waals surface area contributed by atoms with E-state index in [1.165, 1.54) is 41.3 Å². The van der Waals surface area contributed by atoms with Gasteiger partial charge in [0.1, 0.15) is 11.6 Å². The molecule has 7 heteroatoms. The molecule has 0 aliphatic carbocycles. The second kappa shape index (κ2) is 6.16. The molecule has 0 fully saturated rings. The minimum Gasteiger partial charge on any atom is -0.300 e. The Balaban J connectivity index is 2.05. The first-order valence-electron chi connectivity index (χ1n) is 7.12. The highest BCUT2D eigenvalue weighted by Crippen LogP contribution is 2.26. The monoisotopic (exact) mass is 349 g/mol. The number of hydrogen-bond donors (Lipinski definition) is 0. The van der Waals surface area contributed by atoms with E-state index < -0.39 is 33.4 Å². The van der Waals surface area contributed by atoms with Gasteiger partial charge < -0.3 is 4.90 Å². The predicted octanol–water partition coefficient (Wildman–Crippen LogP) is 2.92. The molecule has 0 saturated heterocycles. The first-order valence-corrected chi connectivity index (χ1v) is 8.83. The van der Waals surface area contributed by atoms with Gasteiger partial charge in [-0.15, -0.1) is 0 Å². The number of halogens is 2. The van der Waals surface area contributed by atoms with Crippen molar-refractivity contribution in [3.8, 4) is 0 Å². The van der Waals surface area contributed by atoms with Gasteiger partial charge in [0.05, 0.1) is 17.4 Å². The van der Waals surface area contributed by atoms with E-state index in [2.05, 4.69) is 0 Å². The summed E-state index contributed by atoms with van der Waals surface area (Å²) in [6.45, 7) is 0. The van der Waals surface area contributed by atoms with Crippen LogP contribution in [0.25, 0.3) is 0 Å². The van der Waals surface area contributed by atoms with Crippen molar-refractivity contribution in [3.05, 3.63) is 77.2 Å². The second-order valence-electron chi connectivity index (χ2n) is 5.36. The van der Waals surface area contributed by atoms with Crippen LogP contribution in [-0.2, 0) is 9.84 Å². The largest absolute Gasteiger partial charge is 0.300 e. The number of sulfone groups is 1. The molecule has 0 bridgehead atoms. The van der Waals surface area contributed by atoms with Crippen molar-refractivity contribution in [1.29, 1.82) is 0 Å². The highest BCUT2D eigenvalue weighted by Gasteiger charge is 2.32. The van der Waals surface area contributed by atoms with Crippen LogP contribution in [0.15, 0.2) is 60.0 Å². The molecule has 3 rings (SSSR count). The molecule has 1 heterocycles. The van der Waals surface area contributed by atoms with E-state index in [-0.39, 0.29) is 17.0 Å². The molecule has 1 amide bonds. The molecule has 2 aromatic rings. The van der Waals surface area contributed by atoms with Gasteiger partial charge in [0, 0.05) is 11.1 Å². The third-order valence-electron chi connectivity index (χ3n) is 3.67. The Morgan fingerprint density at radius 1 is 1.04 bits per heavy atom. The van der Waals surface area contributed by atoms with Gasteiger partial charge in [-0.2, -0.15) is 0 Å². The zero-order chi connectivity index (χ0) is 17.3. The predicted molar refractivity (Wildman–Crippen MR) is 86.3 cm³/mol. The van der Waals surface area contributed by atoms with Crippen LogP contribution in [0.1, 0.15) is 10.4 Å². The molecule has 124 valence electrons. The van der Waals surface area contributed by atoms with E-state index in [0.29, 0.717) is 0 Å². The van der Waals surface area contributed by atoms with Crippen LogP contribution in [0.2, 0.25) is 0 Å². The Hall–Kier alpha value is -2.54. The summed E-state index contributed by atoms with van der Waals surface area (Å²) in [7, 11) is -3.42. The van der Waals surface area contributed by atoms with Gasteiger partial charge in [0.25, 0.3) is 5.91 Å². The van der Waals surface area contributed by atoms with Crippen LogP contribution in [0.4, 0.5) is 14.5 Å². The van der Waals surface area contributed by atoms with Gasteiger partial charge in [-0.05, 0) is 42.5 Å². The van der Waals surface area contributed by atoms with E-state index in [9.17, 15) is 22.0 Å². The number of nitrogens with zero attached hydrogens (tertiary/aromatic N) is 1. The summed E-state index contributed by atoms with van der Waals surface area (Å²) in [5.41, 5.74) is 0.107. The van der Waals surface area contributed by atoms with Crippen molar-refractivity contribution in [1.82, 2.24) is 0 Å². The number of hydrogen-bond acceptors (Lipinski definition) is 3. The summed E-state index contributed by atoms with van der Waals surface area (Å²) < 4.78 is 50.5. The Morgan fingerprint density at radius 2 is 1.71 bits per heavy atom. The number of carbonyl (C=O) groups is 1. The Kier molecular flexibility index (Phi) is 4.19. The summed E-state index contributed by atoms with van der Waals surface area (Å²) in [4.78, 5) is 14.0. The topological polar surface area (TPSA) is 54.5 Å². The normalized spacial score (nSPS) is 18.5. The molecule has 0 aromatic heterocycles. The highest BCUT2D eigenvalue weighted by molar-refractivity contribution is 7.94. The first kappa shape index (κ1) is 16.3. The van der Waals surface area contributed by atoms with Crippen LogP contribution >= 0.6 is 0 Å². The first-order chi connectivity index (χ1) is 11.4. The number of amides is 1. The van der Waals surface area contributed by atoms with Gasteiger partial charge in [-0.1, -0.05) is 12.1 Å². The fourth-order valence-corrected chi connectivity index (χ4v) is 3.81. The van der Waals surface area contributed by atoms with Crippen molar-refractivity contribution in [2.75, 3.05) is 10.7 Å². The van der Waals surface area contributed by atoms with Gasteiger partial charge >= 0.3 is 0 Å². The van der Waals surface area contributed by atoms with Gasteiger partial charge in [-0.3, -0.25) is 4.79 Å². The summed E-state index contributed by atoms with van der Waals surface area (Å²) >= 11 is 0. The van der Waals surface area contributed by atoms with Crippen molar-refractivity contribution < 1.29 is 22.0 Å². The molecule has 1 atom stereocenters. The van der Waals surface area contributed by atoms with Crippen LogP contribution in [0.3, 0.4) is 0 Å². The van der Waals surface area contributed by atoms with Crippen LogP contribution in [0.5, 0.6) is 0 Å². The maximum Gasteiger partial charge on any atom is 0.261 e. The summed E-state index contributed by atoms with van der Waals surface area (Å²) in [5.74, 6) is -2.19. The van der Waals surface area contributed by atoms with E-state index in [1.807, 2.05) is 0 Å². The summed E-state index contributed by atoms with van der Waals surface area (Å²) in [6.07, 6.45) is 1.37. The third-order valence-corrected chi connectivity index (χ3v) is 5.05. The van der Waals surface area contributed by atoms with Crippen LogP contribution < -0.4 is 4.90 Å². The number of rotatable bonds is 3. The zero-order valence-corrected chi connectivity index (χ0v) is 13.2. The highest BCUT2D eigenvalue weighted by atomic mass is 32.2. The average molecular weight is 349 g/mol. The second-order valence-corrected chi connectivity index (χ2v) is 7.29.